The van der Waals surface area contributed by atoms with Crippen molar-refractivity contribution in [3.63, 3.8) is 0 Å². The third-order valence-electron chi connectivity index (χ3n) is 3.55. The van der Waals surface area contributed by atoms with Gasteiger partial charge in [0.1, 0.15) is 11.2 Å². The zero-order valence-electron chi connectivity index (χ0n) is 14.4. The molecule has 0 aliphatic heterocycles. The molecule has 0 saturated heterocycles. The minimum absolute atomic E-state index is 0.117. The highest BCUT2D eigenvalue weighted by molar-refractivity contribution is 7.94. The average Bonchev–Trinajstić information content (AvgIpc) is 2.90. The smallest absolute Gasteiger partial charge is 0.259 e. The maximum absolute atomic E-state index is 12.7. The molecule has 0 spiro atoms. The molecule has 12 heteroatoms. The Morgan fingerprint density at radius 1 is 1.23 bits per heavy atom. The molecule has 0 aliphatic rings. The quantitative estimate of drug-likeness (QED) is 0.771. The van der Waals surface area contributed by atoms with E-state index < -0.39 is 45.6 Å². The number of aromatic nitrogens is 3. The van der Waals surface area contributed by atoms with Crippen LogP contribution in [0.5, 0.6) is 0 Å². The van der Waals surface area contributed by atoms with Crippen molar-refractivity contribution in [2.75, 3.05) is 11.6 Å². The Kier molecular flexibility index (Phi) is 5.45. The largest absolute Gasteiger partial charge is 0.291 e. The summed E-state index contributed by atoms with van der Waals surface area (Å²) in [5.74, 6) is -0.627. The fourth-order valence-electron chi connectivity index (χ4n) is 2.08. The number of nitrogens with one attached hydrogen (secondary N) is 1. The first-order valence-electron chi connectivity index (χ1n) is 7.29. The van der Waals surface area contributed by atoms with Gasteiger partial charge in [0.05, 0.1) is 20.7 Å². The Morgan fingerprint density at radius 2 is 1.85 bits per heavy atom. The van der Waals surface area contributed by atoms with E-state index in [0.29, 0.717) is 0 Å². The Bertz CT molecular complexity index is 1070. The zero-order valence-corrected chi connectivity index (χ0v) is 16.8. The zero-order chi connectivity index (χ0) is 19.9. The van der Waals surface area contributed by atoms with E-state index in [1.165, 1.54) is 24.9 Å². The average molecular weight is 421 g/mol. The fraction of sp³-hybridized carbons (Fsp3) is 0.357. The Labute approximate surface area is 156 Å². The Balaban J connectivity index is 2.68. The minimum atomic E-state index is -4.07. The van der Waals surface area contributed by atoms with Crippen LogP contribution in [0.2, 0.25) is 5.02 Å². The summed E-state index contributed by atoms with van der Waals surface area (Å²) in [6.07, 6.45) is 2.09. The van der Waals surface area contributed by atoms with Crippen LogP contribution in [0.15, 0.2) is 28.3 Å². The van der Waals surface area contributed by atoms with Crippen LogP contribution >= 0.6 is 11.6 Å². The summed E-state index contributed by atoms with van der Waals surface area (Å²) in [6.45, 7) is 2.79. The summed E-state index contributed by atoms with van der Waals surface area (Å²) >= 11 is 6.18. The molecule has 0 unspecified atom stereocenters. The maximum Gasteiger partial charge on any atom is 0.259 e. The molecule has 1 N–H and O–H groups in total. The summed E-state index contributed by atoms with van der Waals surface area (Å²) in [6, 6.07) is 2.21. The van der Waals surface area contributed by atoms with E-state index in [1.807, 2.05) is 0 Å². The molecule has 0 saturated carbocycles. The van der Waals surface area contributed by atoms with Crippen molar-refractivity contribution in [3.05, 3.63) is 29.0 Å². The number of aryl methyl sites for hydroxylation is 1. The molecule has 1 aromatic carbocycles. The van der Waals surface area contributed by atoms with Crippen molar-refractivity contribution in [1.82, 2.24) is 14.8 Å². The lowest BCUT2D eigenvalue weighted by molar-refractivity contribution is 0.102. The normalized spacial score (nSPS) is 12.4. The lowest BCUT2D eigenvalue weighted by Crippen LogP contribution is -2.21. The summed E-state index contributed by atoms with van der Waals surface area (Å²) in [5, 5.41) is 4.84. The van der Waals surface area contributed by atoms with Crippen LogP contribution in [0, 0.1) is 0 Å². The van der Waals surface area contributed by atoms with E-state index in [9.17, 15) is 21.6 Å². The second kappa shape index (κ2) is 6.97. The number of carbonyl (C=O) groups excluding carboxylic acids is 1. The number of benzene rings is 1. The monoisotopic (exact) mass is 420 g/mol. The number of halogens is 1. The van der Waals surface area contributed by atoms with E-state index in [0.717, 1.165) is 18.4 Å². The van der Waals surface area contributed by atoms with Crippen LogP contribution in [0.25, 0.3) is 0 Å². The van der Waals surface area contributed by atoms with Crippen molar-refractivity contribution in [1.29, 1.82) is 0 Å². The predicted molar refractivity (Wildman–Crippen MR) is 95.8 cm³/mol. The van der Waals surface area contributed by atoms with Gasteiger partial charge in [-0.3, -0.25) is 10.1 Å². The number of rotatable bonds is 5. The third-order valence-corrected chi connectivity index (χ3v) is 7.55. The van der Waals surface area contributed by atoms with Crippen LogP contribution in [-0.4, -0.2) is 49.0 Å². The van der Waals surface area contributed by atoms with Gasteiger partial charge in [-0.1, -0.05) is 11.6 Å². The van der Waals surface area contributed by atoms with E-state index in [1.54, 1.807) is 7.05 Å². The first-order valence-corrected chi connectivity index (χ1v) is 11.1. The van der Waals surface area contributed by atoms with Crippen molar-refractivity contribution >= 4 is 43.1 Å². The van der Waals surface area contributed by atoms with E-state index >= 15 is 0 Å². The molecule has 1 heterocycles. The van der Waals surface area contributed by atoms with Gasteiger partial charge in [0, 0.05) is 13.3 Å². The SMILES string of the molecule is CC(C)S(=O)(=O)c1c(S(C)(=O)=O)ccc(C(=O)Nc2ncnn2C)c1Cl. The molecule has 0 fully saturated rings. The third kappa shape index (κ3) is 3.74. The molecule has 142 valence electrons. The predicted octanol–water partition coefficient (Wildman–Crippen LogP) is 1.31. The van der Waals surface area contributed by atoms with E-state index in [-0.39, 0.29) is 11.5 Å². The molecule has 1 aromatic heterocycles. The van der Waals surface area contributed by atoms with E-state index in [4.69, 9.17) is 11.6 Å². The fourth-order valence-corrected chi connectivity index (χ4v) is 5.45. The van der Waals surface area contributed by atoms with Gasteiger partial charge < -0.3 is 0 Å². The summed E-state index contributed by atoms with van der Waals surface area (Å²) in [7, 11) is -6.42. The topological polar surface area (TPSA) is 128 Å². The number of carbonyl (C=O) groups is 1. The van der Waals surface area contributed by atoms with Crippen LogP contribution in [-0.2, 0) is 26.7 Å². The summed E-state index contributed by atoms with van der Waals surface area (Å²) in [5.41, 5.74) is -0.193. The van der Waals surface area contributed by atoms with Gasteiger partial charge in [0.2, 0.25) is 5.95 Å². The van der Waals surface area contributed by atoms with Crippen molar-refractivity contribution in [3.8, 4) is 0 Å². The van der Waals surface area contributed by atoms with Gasteiger partial charge in [-0.25, -0.2) is 21.5 Å². The second-order valence-corrected chi connectivity index (χ2v) is 10.6. The van der Waals surface area contributed by atoms with Crippen LogP contribution in [0.4, 0.5) is 5.95 Å². The molecule has 9 nitrogen and oxygen atoms in total. The molecule has 2 aromatic rings. The molecule has 1 amide bonds. The highest BCUT2D eigenvalue weighted by atomic mass is 35.5. The second-order valence-electron chi connectivity index (χ2n) is 5.78. The molecular weight excluding hydrogens is 404 g/mol. The number of sulfone groups is 2. The Hall–Kier alpha value is -1.98. The van der Waals surface area contributed by atoms with Gasteiger partial charge in [-0.2, -0.15) is 10.1 Å². The van der Waals surface area contributed by atoms with Crippen LogP contribution < -0.4 is 5.32 Å². The van der Waals surface area contributed by atoms with Gasteiger partial charge in [-0.15, -0.1) is 0 Å². The molecule has 0 bridgehead atoms. The molecule has 2 rings (SSSR count). The summed E-state index contributed by atoms with van der Waals surface area (Å²) in [4.78, 5) is 15.3. The molecule has 26 heavy (non-hydrogen) atoms. The van der Waals surface area contributed by atoms with Crippen molar-refractivity contribution in [2.45, 2.75) is 28.9 Å². The highest BCUT2D eigenvalue weighted by Gasteiger charge is 2.32. The standard InChI is InChI=1S/C14H17ClN4O5S2/c1-8(2)26(23,24)12-10(25(4,21)22)6-5-9(11(12)15)13(20)18-14-16-7-17-19(14)3/h5-8H,1-4H3,(H,16,17,18,20). The lowest BCUT2D eigenvalue weighted by Gasteiger charge is -2.16. The van der Waals surface area contributed by atoms with Gasteiger partial charge >= 0.3 is 0 Å². The molecule has 0 atom stereocenters. The molecule has 0 radical (unpaired) electrons. The van der Waals surface area contributed by atoms with Crippen LogP contribution in [0.3, 0.4) is 0 Å². The summed E-state index contributed by atoms with van der Waals surface area (Å²) < 4.78 is 50.6. The van der Waals surface area contributed by atoms with Crippen LogP contribution in [0.1, 0.15) is 24.2 Å². The molecular formula is C14H17ClN4O5S2. The van der Waals surface area contributed by atoms with Crippen molar-refractivity contribution < 1.29 is 21.6 Å². The van der Waals surface area contributed by atoms with Gasteiger partial charge in [-0.05, 0) is 26.0 Å². The molecule has 0 aliphatic carbocycles. The number of hydrogen-bond donors (Lipinski definition) is 1. The number of anilines is 1. The number of nitrogens with zero attached hydrogens (tertiary/aromatic N) is 3. The maximum atomic E-state index is 12.7. The first-order chi connectivity index (χ1) is 11.9. The van der Waals surface area contributed by atoms with E-state index in [2.05, 4.69) is 15.4 Å². The first kappa shape index (κ1) is 20.3. The number of amides is 1. The number of hydrogen-bond acceptors (Lipinski definition) is 7. The van der Waals surface area contributed by atoms with Gasteiger partial charge in [0.25, 0.3) is 5.91 Å². The van der Waals surface area contributed by atoms with Crippen molar-refractivity contribution in [2.24, 2.45) is 7.05 Å². The lowest BCUT2D eigenvalue weighted by atomic mass is 10.2. The van der Waals surface area contributed by atoms with Gasteiger partial charge in [0.15, 0.2) is 19.7 Å². The minimum Gasteiger partial charge on any atom is -0.291 e. The highest BCUT2D eigenvalue weighted by Crippen LogP contribution is 2.34. The Morgan fingerprint density at radius 3 is 2.31 bits per heavy atom.